The second kappa shape index (κ2) is 9.50. The molecule has 0 aliphatic heterocycles. The van der Waals surface area contributed by atoms with Crippen LogP contribution in [0.3, 0.4) is 0 Å². The zero-order valence-corrected chi connectivity index (χ0v) is 18.6. The maximum absolute atomic E-state index is 12.9. The molecule has 1 aliphatic carbocycles. The molecule has 2 aromatic heterocycles. The summed E-state index contributed by atoms with van der Waals surface area (Å²) in [6, 6.07) is 12.5. The maximum atomic E-state index is 12.9. The third-order valence-corrected chi connectivity index (χ3v) is 7.62. The van der Waals surface area contributed by atoms with Crippen molar-refractivity contribution in [2.75, 3.05) is 5.32 Å². The number of amides is 1. The number of thiophene rings is 1. The molecule has 0 saturated carbocycles. The molecule has 1 atom stereocenters. The molecule has 0 saturated heterocycles. The Labute approximate surface area is 185 Å². The Morgan fingerprint density at radius 1 is 1.30 bits per heavy atom. The molecule has 3 aromatic rings. The highest BCUT2D eigenvalue weighted by Crippen LogP contribution is 2.37. The van der Waals surface area contributed by atoms with Crippen LogP contribution in [0.4, 0.5) is 5.00 Å². The minimum atomic E-state index is -0.324. The number of aromatic nitrogens is 2. The van der Waals surface area contributed by atoms with E-state index in [1.54, 1.807) is 17.5 Å². The number of rotatable bonds is 6. The summed E-state index contributed by atoms with van der Waals surface area (Å²) in [6.45, 7) is 2.60. The second-order valence-corrected chi connectivity index (χ2v) is 9.87. The highest BCUT2D eigenvalue weighted by molar-refractivity contribution is 8.00. The van der Waals surface area contributed by atoms with E-state index in [9.17, 15) is 10.1 Å². The molecular formula is C23H24N4OS2. The van der Waals surface area contributed by atoms with Gasteiger partial charge in [-0.25, -0.2) is 4.98 Å². The van der Waals surface area contributed by atoms with Gasteiger partial charge in [0.1, 0.15) is 11.1 Å². The molecule has 0 spiro atoms. The number of thioether (sulfide) groups is 1. The van der Waals surface area contributed by atoms with E-state index in [1.165, 1.54) is 28.6 Å². The summed E-state index contributed by atoms with van der Waals surface area (Å²) in [7, 11) is 0. The molecule has 1 N–H and O–H groups in total. The van der Waals surface area contributed by atoms with Crippen molar-refractivity contribution in [1.82, 2.24) is 9.55 Å². The Hall–Kier alpha value is -2.56. The number of carbonyl (C=O) groups excluding carboxylic acids is 1. The predicted molar refractivity (Wildman–Crippen MR) is 122 cm³/mol. The van der Waals surface area contributed by atoms with Crippen molar-refractivity contribution < 1.29 is 4.79 Å². The van der Waals surface area contributed by atoms with Gasteiger partial charge < -0.3 is 9.88 Å². The number of fused-ring (bicyclic) bond motifs is 1. The number of nitrogens with one attached hydrogen (secondary N) is 1. The van der Waals surface area contributed by atoms with Crippen molar-refractivity contribution in [3.8, 4) is 6.07 Å². The summed E-state index contributed by atoms with van der Waals surface area (Å²) < 4.78 is 2.05. The van der Waals surface area contributed by atoms with E-state index in [1.807, 2.05) is 31.3 Å². The summed E-state index contributed by atoms with van der Waals surface area (Å²) in [5.74, 6) is -0.0952. The fraction of sp³-hybridized carbons (Fsp3) is 0.348. The van der Waals surface area contributed by atoms with E-state index in [4.69, 9.17) is 0 Å². The van der Waals surface area contributed by atoms with Crippen molar-refractivity contribution in [3.05, 3.63) is 64.3 Å². The molecule has 7 heteroatoms. The molecule has 0 fully saturated rings. The number of benzene rings is 1. The Balaban J connectivity index is 1.44. The minimum Gasteiger partial charge on any atom is -0.322 e. The van der Waals surface area contributed by atoms with Gasteiger partial charge in [0, 0.05) is 23.8 Å². The van der Waals surface area contributed by atoms with Crippen molar-refractivity contribution in [1.29, 1.82) is 5.26 Å². The largest absolute Gasteiger partial charge is 0.322 e. The van der Waals surface area contributed by atoms with E-state index in [0.717, 1.165) is 36.4 Å². The van der Waals surface area contributed by atoms with E-state index < -0.39 is 0 Å². The van der Waals surface area contributed by atoms with Crippen LogP contribution in [0.25, 0.3) is 0 Å². The average Bonchev–Trinajstić information content (AvgIpc) is 3.24. The lowest BCUT2D eigenvalue weighted by Crippen LogP contribution is -2.23. The summed E-state index contributed by atoms with van der Waals surface area (Å²) in [5.41, 5.74) is 3.00. The van der Waals surface area contributed by atoms with Gasteiger partial charge in [0.15, 0.2) is 5.16 Å². The van der Waals surface area contributed by atoms with Crippen LogP contribution in [0.5, 0.6) is 0 Å². The number of hydrogen-bond donors (Lipinski definition) is 1. The quantitative estimate of drug-likeness (QED) is 0.423. The van der Waals surface area contributed by atoms with Gasteiger partial charge in [0.25, 0.3) is 0 Å². The number of nitriles is 1. The van der Waals surface area contributed by atoms with Crippen molar-refractivity contribution >= 4 is 34.0 Å². The van der Waals surface area contributed by atoms with Crippen molar-refractivity contribution in [2.45, 2.75) is 56.0 Å². The van der Waals surface area contributed by atoms with Gasteiger partial charge >= 0.3 is 0 Å². The molecule has 154 valence electrons. The van der Waals surface area contributed by atoms with Gasteiger partial charge in [0.05, 0.1) is 10.8 Å². The zero-order valence-electron chi connectivity index (χ0n) is 16.9. The Kier molecular flexibility index (Phi) is 6.56. The van der Waals surface area contributed by atoms with Gasteiger partial charge in [-0.05, 0) is 43.7 Å². The van der Waals surface area contributed by atoms with Crippen molar-refractivity contribution in [2.24, 2.45) is 0 Å². The topological polar surface area (TPSA) is 70.7 Å². The van der Waals surface area contributed by atoms with Crippen LogP contribution in [-0.2, 0) is 24.2 Å². The third kappa shape index (κ3) is 4.61. The fourth-order valence-corrected chi connectivity index (χ4v) is 5.80. The summed E-state index contributed by atoms with van der Waals surface area (Å²) in [5, 5.41) is 13.9. The summed E-state index contributed by atoms with van der Waals surface area (Å²) >= 11 is 3.01. The number of imidazole rings is 1. The highest BCUT2D eigenvalue weighted by atomic mass is 32.2. The molecule has 30 heavy (non-hydrogen) atoms. The van der Waals surface area contributed by atoms with Gasteiger partial charge in [-0.15, -0.1) is 11.3 Å². The lowest BCUT2D eigenvalue weighted by atomic mass is 10.1. The lowest BCUT2D eigenvalue weighted by Gasteiger charge is -2.13. The molecule has 1 aliphatic rings. The highest BCUT2D eigenvalue weighted by Gasteiger charge is 2.23. The molecule has 0 bridgehead atoms. The SMILES string of the molecule is CC(Sc1nccn1Cc1ccccc1)C(=O)Nc1sc2c(c1C#N)CCCCC2. The number of aryl methyl sites for hydroxylation is 1. The first-order valence-electron chi connectivity index (χ1n) is 10.2. The van der Waals surface area contributed by atoms with Crippen LogP contribution in [0, 0.1) is 11.3 Å². The van der Waals surface area contributed by atoms with Gasteiger partial charge in [-0.3, -0.25) is 4.79 Å². The smallest absolute Gasteiger partial charge is 0.238 e. The van der Waals surface area contributed by atoms with Crippen molar-refractivity contribution in [3.63, 3.8) is 0 Å². The molecule has 1 aromatic carbocycles. The normalized spacial score (nSPS) is 14.4. The van der Waals surface area contributed by atoms with E-state index in [-0.39, 0.29) is 11.2 Å². The van der Waals surface area contributed by atoms with E-state index in [2.05, 4.69) is 33.1 Å². The fourth-order valence-electron chi connectivity index (χ4n) is 3.69. The van der Waals surface area contributed by atoms with Gasteiger partial charge in [-0.1, -0.05) is 48.5 Å². The molecule has 1 unspecified atom stereocenters. The molecule has 0 radical (unpaired) electrons. The molecule has 4 rings (SSSR count). The first-order valence-corrected chi connectivity index (χ1v) is 11.9. The van der Waals surface area contributed by atoms with E-state index >= 15 is 0 Å². The molecule has 5 nitrogen and oxygen atoms in total. The first-order chi connectivity index (χ1) is 14.7. The summed E-state index contributed by atoms with van der Waals surface area (Å²) in [4.78, 5) is 18.6. The molecular weight excluding hydrogens is 412 g/mol. The number of anilines is 1. The van der Waals surface area contributed by atoms with Crippen LogP contribution in [0.2, 0.25) is 0 Å². The number of carbonyl (C=O) groups is 1. The van der Waals surface area contributed by atoms with E-state index in [0.29, 0.717) is 17.1 Å². The average molecular weight is 437 g/mol. The van der Waals surface area contributed by atoms with Crippen LogP contribution in [0.15, 0.2) is 47.9 Å². The minimum absolute atomic E-state index is 0.0952. The van der Waals surface area contributed by atoms with Gasteiger partial charge in [-0.2, -0.15) is 5.26 Å². The second-order valence-electron chi connectivity index (χ2n) is 7.45. The first kappa shape index (κ1) is 20.7. The van der Waals surface area contributed by atoms with Crippen LogP contribution < -0.4 is 5.32 Å². The van der Waals surface area contributed by atoms with Crippen LogP contribution in [0.1, 0.15) is 47.8 Å². The van der Waals surface area contributed by atoms with Gasteiger partial charge in [0.2, 0.25) is 5.91 Å². The zero-order chi connectivity index (χ0) is 20.9. The Morgan fingerprint density at radius 2 is 2.10 bits per heavy atom. The summed E-state index contributed by atoms with van der Waals surface area (Å²) in [6.07, 6.45) is 9.11. The number of hydrogen-bond acceptors (Lipinski definition) is 5. The standard InChI is InChI=1S/C23H24N4OS2/c1-16(29-23-25-12-13-27(23)15-17-8-4-2-5-9-17)21(28)26-22-19(14-24)18-10-6-3-7-11-20(18)30-22/h2,4-5,8-9,12-13,16H,3,6-7,10-11,15H2,1H3,(H,26,28). The Bertz CT molecular complexity index is 1060. The molecule has 1 amide bonds. The monoisotopic (exact) mass is 436 g/mol. The van der Waals surface area contributed by atoms with Crippen LogP contribution in [-0.4, -0.2) is 20.7 Å². The lowest BCUT2D eigenvalue weighted by molar-refractivity contribution is -0.115. The third-order valence-electron chi connectivity index (χ3n) is 5.29. The number of nitrogens with zero attached hydrogens (tertiary/aromatic N) is 3. The maximum Gasteiger partial charge on any atom is 0.238 e. The molecule has 2 heterocycles. The Morgan fingerprint density at radius 3 is 2.90 bits per heavy atom. The van der Waals surface area contributed by atoms with Crippen LogP contribution >= 0.6 is 23.1 Å². The predicted octanol–water partition coefficient (Wildman–Crippen LogP) is 5.25.